The molecule has 3 rings (SSSR count). The van der Waals surface area contributed by atoms with Gasteiger partial charge in [0.15, 0.2) is 0 Å². The van der Waals surface area contributed by atoms with Gasteiger partial charge in [0.05, 0.1) is 0 Å². The van der Waals surface area contributed by atoms with Gasteiger partial charge in [0.25, 0.3) is 0 Å². The topological polar surface area (TPSA) is 35.5 Å². The number of likely N-dealkylation sites (tertiary alicyclic amines) is 1. The molecule has 3 heteroatoms. The van der Waals surface area contributed by atoms with Gasteiger partial charge in [0.2, 0.25) is 0 Å². The fraction of sp³-hybridized carbons (Fsp3) is 0.667. The number of nitrogens with zero attached hydrogens (tertiary/aromatic N) is 1. The lowest BCUT2D eigenvalue weighted by atomic mass is 9.97. The highest BCUT2D eigenvalue weighted by atomic mass is 16.3. The molecule has 4 atom stereocenters. The summed E-state index contributed by atoms with van der Waals surface area (Å²) in [4.78, 5) is 2.62. The molecular formula is C18H28N2O. The average Bonchev–Trinajstić information content (AvgIpc) is 3.02. The first kappa shape index (κ1) is 15.0. The quantitative estimate of drug-likeness (QED) is 0.843. The zero-order valence-corrected chi connectivity index (χ0v) is 13.0. The zero-order chi connectivity index (χ0) is 14.7. The van der Waals surface area contributed by atoms with Crippen LogP contribution in [0.25, 0.3) is 0 Å². The fourth-order valence-electron chi connectivity index (χ4n) is 4.18. The van der Waals surface area contributed by atoms with Gasteiger partial charge in [-0.05, 0) is 43.6 Å². The number of benzene rings is 1. The van der Waals surface area contributed by atoms with Crippen LogP contribution < -0.4 is 5.32 Å². The Morgan fingerprint density at radius 1 is 1.24 bits per heavy atom. The van der Waals surface area contributed by atoms with Crippen LogP contribution in [0.3, 0.4) is 0 Å². The number of rotatable bonds is 6. The average molecular weight is 288 g/mol. The molecular weight excluding hydrogens is 260 g/mol. The van der Waals surface area contributed by atoms with Gasteiger partial charge in [-0.25, -0.2) is 0 Å². The first-order chi connectivity index (χ1) is 10.3. The SMILES string of the molecule is C[C@H](CCO)NC1CCC2CN(Cc3ccccc3)CC21. The van der Waals surface area contributed by atoms with E-state index in [-0.39, 0.29) is 6.61 Å². The summed E-state index contributed by atoms with van der Waals surface area (Å²) in [5.74, 6) is 1.67. The molecule has 3 nitrogen and oxygen atoms in total. The maximum atomic E-state index is 9.06. The largest absolute Gasteiger partial charge is 0.396 e. The van der Waals surface area contributed by atoms with Crippen molar-refractivity contribution in [1.82, 2.24) is 10.2 Å². The molecule has 1 aliphatic heterocycles. The Morgan fingerprint density at radius 3 is 2.81 bits per heavy atom. The van der Waals surface area contributed by atoms with Gasteiger partial charge in [-0.15, -0.1) is 0 Å². The molecule has 0 spiro atoms. The van der Waals surface area contributed by atoms with Gasteiger partial charge in [0, 0.05) is 38.3 Å². The van der Waals surface area contributed by atoms with Crippen molar-refractivity contribution in [1.29, 1.82) is 0 Å². The molecule has 21 heavy (non-hydrogen) atoms. The van der Waals surface area contributed by atoms with Crippen LogP contribution in [-0.2, 0) is 6.54 Å². The van der Waals surface area contributed by atoms with Gasteiger partial charge in [0.1, 0.15) is 0 Å². The summed E-state index contributed by atoms with van der Waals surface area (Å²) >= 11 is 0. The predicted octanol–water partition coefficient (Wildman–Crippen LogP) is 2.26. The van der Waals surface area contributed by atoms with Crippen LogP contribution in [-0.4, -0.2) is 41.8 Å². The van der Waals surface area contributed by atoms with E-state index in [1.54, 1.807) is 0 Å². The summed E-state index contributed by atoms with van der Waals surface area (Å²) in [6.45, 7) is 6.05. The van der Waals surface area contributed by atoms with Crippen molar-refractivity contribution in [3.05, 3.63) is 35.9 Å². The second-order valence-corrected chi connectivity index (χ2v) is 6.87. The van der Waals surface area contributed by atoms with Crippen LogP contribution in [0.4, 0.5) is 0 Å². The van der Waals surface area contributed by atoms with Crippen molar-refractivity contribution in [2.45, 2.75) is 44.8 Å². The Labute approximate surface area is 128 Å². The summed E-state index contributed by atoms with van der Waals surface area (Å²) in [7, 11) is 0. The lowest BCUT2D eigenvalue weighted by Crippen LogP contribution is -2.41. The Morgan fingerprint density at radius 2 is 2.05 bits per heavy atom. The summed E-state index contributed by atoms with van der Waals surface area (Å²) in [5, 5.41) is 12.8. The van der Waals surface area contributed by atoms with E-state index in [4.69, 9.17) is 5.11 Å². The smallest absolute Gasteiger partial charge is 0.0445 e. The first-order valence-electron chi connectivity index (χ1n) is 8.39. The molecule has 3 unspecified atom stereocenters. The minimum atomic E-state index is 0.287. The molecule has 1 heterocycles. The molecule has 1 saturated carbocycles. The predicted molar refractivity (Wildman–Crippen MR) is 86.0 cm³/mol. The van der Waals surface area contributed by atoms with Gasteiger partial charge in [-0.2, -0.15) is 0 Å². The van der Waals surface area contributed by atoms with E-state index in [9.17, 15) is 0 Å². The van der Waals surface area contributed by atoms with Gasteiger partial charge < -0.3 is 10.4 Å². The Balaban J connectivity index is 1.53. The molecule has 1 saturated heterocycles. The lowest BCUT2D eigenvalue weighted by molar-refractivity contribution is 0.247. The van der Waals surface area contributed by atoms with Crippen molar-refractivity contribution < 1.29 is 5.11 Å². The van der Waals surface area contributed by atoms with E-state index in [0.29, 0.717) is 12.1 Å². The lowest BCUT2D eigenvalue weighted by Gasteiger charge is -2.25. The number of aliphatic hydroxyl groups excluding tert-OH is 1. The zero-order valence-electron chi connectivity index (χ0n) is 13.0. The van der Waals surface area contributed by atoms with Crippen molar-refractivity contribution in [2.24, 2.45) is 11.8 Å². The van der Waals surface area contributed by atoms with Gasteiger partial charge in [-0.3, -0.25) is 4.90 Å². The molecule has 1 aromatic carbocycles. The molecule has 1 aromatic rings. The van der Waals surface area contributed by atoms with E-state index < -0.39 is 0 Å². The van der Waals surface area contributed by atoms with Gasteiger partial charge >= 0.3 is 0 Å². The molecule has 1 aliphatic carbocycles. The highest BCUT2D eigenvalue weighted by Gasteiger charge is 2.42. The number of nitrogens with one attached hydrogen (secondary N) is 1. The summed E-state index contributed by atoms with van der Waals surface area (Å²) in [5.41, 5.74) is 1.43. The van der Waals surface area contributed by atoms with Crippen LogP contribution in [0.1, 0.15) is 31.7 Å². The number of hydrogen-bond acceptors (Lipinski definition) is 3. The third kappa shape index (κ3) is 3.65. The molecule has 2 N–H and O–H groups in total. The summed E-state index contributed by atoms with van der Waals surface area (Å²) < 4.78 is 0. The molecule has 0 radical (unpaired) electrons. The van der Waals surface area contributed by atoms with Gasteiger partial charge in [-0.1, -0.05) is 30.3 Å². The van der Waals surface area contributed by atoms with E-state index >= 15 is 0 Å². The van der Waals surface area contributed by atoms with Crippen molar-refractivity contribution in [3.8, 4) is 0 Å². The second-order valence-electron chi connectivity index (χ2n) is 6.87. The molecule has 0 aromatic heterocycles. The highest BCUT2D eigenvalue weighted by molar-refractivity contribution is 5.15. The Kier molecular flexibility index (Phi) is 4.94. The molecule has 2 fully saturated rings. The third-order valence-corrected chi connectivity index (χ3v) is 5.24. The number of hydrogen-bond donors (Lipinski definition) is 2. The van der Waals surface area contributed by atoms with Crippen molar-refractivity contribution in [2.75, 3.05) is 19.7 Å². The summed E-state index contributed by atoms with van der Waals surface area (Å²) in [6.07, 6.45) is 3.53. The Bertz CT molecular complexity index is 436. The third-order valence-electron chi connectivity index (χ3n) is 5.24. The Hall–Kier alpha value is -0.900. The molecule has 2 aliphatic rings. The highest BCUT2D eigenvalue weighted by Crippen LogP contribution is 2.38. The van der Waals surface area contributed by atoms with Crippen LogP contribution in [0, 0.1) is 11.8 Å². The number of aliphatic hydroxyl groups is 1. The first-order valence-corrected chi connectivity index (χ1v) is 8.39. The van der Waals surface area contributed by atoms with Crippen LogP contribution in [0.15, 0.2) is 30.3 Å². The monoisotopic (exact) mass is 288 g/mol. The maximum absolute atomic E-state index is 9.06. The minimum absolute atomic E-state index is 0.287. The van der Waals surface area contributed by atoms with Crippen molar-refractivity contribution >= 4 is 0 Å². The number of fused-ring (bicyclic) bond motifs is 1. The van der Waals surface area contributed by atoms with E-state index in [2.05, 4.69) is 47.5 Å². The molecule has 0 amide bonds. The molecule has 0 bridgehead atoms. The van der Waals surface area contributed by atoms with Crippen LogP contribution in [0.5, 0.6) is 0 Å². The molecule has 116 valence electrons. The minimum Gasteiger partial charge on any atom is -0.396 e. The van der Waals surface area contributed by atoms with Crippen molar-refractivity contribution in [3.63, 3.8) is 0 Å². The fourth-order valence-corrected chi connectivity index (χ4v) is 4.18. The van der Waals surface area contributed by atoms with Crippen LogP contribution in [0.2, 0.25) is 0 Å². The van der Waals surface area contributed by atoms with E-state index in [1.165, 1.54) is 31.5 Å². The second kappa shape index (κ2) is 6.91. The maximum Gasteiger partial charge on any atom is 0.0445 e. The van der Waals surface area contributed by atoms with E-state index in [0.717, 1.165) is 24.8 Å². The standard InChI is InChI=1S/C18H28N2O/c1-14(9-10-21)19-18-8-7-16-12-20(13-17(16)18)11-15-5-3-2-4-6-15/h2-6,14,16-19,21H,7-13H2,1H3/t14-,16?,17?,18?/m1/s1. The van der Waals surface area contributed by atoms with E-state index in [1.807, 2.05) is 0 Å². The van der Waals surface area contributed by atoms with Crippen LogP contribution >= 0.6 is 0 Å². The summed E-state index contributed by atoms with van der Waals surface area (Å²) in [6, 6.07) is 11.9. The normalized spacial score (nSPS) is 30.5.